The molecule has 6 nitrogen and oxygen atoms in total. The lowest BCUT2D eigenvalue weighted by molar-refractivity contribution is 0.582. The van der Waals surface area contributed by atoms with Crippen LogP contribution in [0.1, 0.15) is 10.7 Å². The van der Waals surface area contributed by atoms with E-state index < -0.39 is 10.0 Å². The molecule has 3 aromatic rings. The Kier molecular flexibility index (Phi) is 3.55. The summed E-state index contributed by atoms with van der Waals surface area (Å²) in [5, 5.41) is 5.13. The van der Waals surface area contributed by atoms with Gasteiger partial charge in [0.1, 0.15) is 9.22 Å². The van der Waals surface area contributed by atoms with Gasteiger partial charge in [-0.15, -0.1) is 11.3 Å². The summed E-state index contributed by atoms with van der Waals surface area (Å²) in [7, 11) is -3.55. The van der Waals surface area contributed by atoms with Crippen LogP contribution in [-0.2, 0) is 16.6 Å². The summed E-state index contributed by atoms with van der Waals surface area (Å²) in [4.78, 5) is 5.05. The van der Waals surface area contributed by atoms with Crippen LogP contribution in [0.5, 0.6) is 0 Å². The van der Waals surface area contributed by atoms with Crippen molar-refractivity contribution in [2.45, 2.75) is 17.7 Å². The van der Waals surface area contributed by atoms with Gasteiger partial charge >= 0.3 is 0 Å². The largest absolute Gasteiger partial charge is 0.250 e. The second kappa shape index (κ2) is 5.08. The van der Waals surface area contributed by atoms with E-state index in [1.54, 1.807) is 16.8 Å². The Morgan fingerprint density at radius 3 is 2.85 bits per heavy atom. The van der Waals surface area contributed by atoms with E-state index >= 15 is 0 Å². The van der Waals surface area contributed by atoms with Crippen molar-refractivity contribution in [1.82, 2.24) is 19.3 Å². The summed E-state index contributed by atoms with van der Waals surface area (Å²) in [5.41, 5.74) is 0.620. The smallest absolute Gasteiger partial charge is 0.221 e. The molecule has 0 saturated carbocycles. The van der Waals surface area contributed by atoms with Crippen molar-refractivity contribution >= 4 is 49.3 Å². The van der Waals surface area contributed by atoms with Crippen molar-refractivity contribution in [2.75, 3.05) is 0 Å². The maximum absolute atomic E-state index is 12.0. The summed E-state index contributed by atoms with van der Waals surface area (Å²) in [6.45, 7) is 2.01. The first-order valence-electron chi connectivity index (χ1n) is 5.51. The third-order valence-electron chi connectivity index (χ3n) is 2.45. The van der Waals surface area contributed by atoms with Crippen molar-refractivity contribution in [3.63, 3.8) is 0 Å². The number of thiophene rings is 1. The average Bonchev–Trinajstić information content (AvgIpc) is 3.01. The molecular formula is C10H9ClN4O2S3. The fourth-order valence-corrected chi connectivity index (χ4v) is 4.88. The molecule has 0 amide bonds. The number of nitrogens with zero attached hydrogens (tertiary/aromatic N) is 3. The number of nitrogens with one attached hydrogen (secondary N) is 1. The minimum Gasteiger partial charge on any atom is -0.221 e. The molecule has 0 atom stereocenters. The average molecular weight is 349 g/mol. The second-order valence-electron chi connectivity index (χ2n) is 3.96. The highest BCUT2D eigenvalue weighted by Gasteiger charge is 2.17. The molecule has 0 radical (unpaired) electrons. The topological polar surface area (TPSA) is 76.4 Å². The van der Waals surface area contributed by atoms with Gasteiger partial charge in [0, 0.05) is 0 Å². The van der Waals surface area contributed by atoms with E-state index in [0.29, 0.717) is 10.0 Å². The highest BCUT2D eigenvalue weighted by molar-refractivity contribution is 7.91. The Balaban J connectivity index is 1.76. The van der Waals surface area contributed by atoms with Gasteiger partial charge in [-0.1, -0.05) is 22.9 Å². The highest BCUT2D eigenvalue weighted by atomic mass is 35.5. The maximum Gasteiger partial charge on any atom is 0.250 e. The van der Waals surface area contributed by atoms with Crippen LogP contribution in [-0.4, -0.2) is 23.0 Å². The molecule has 20 heavy (non-hydrogen) atoms. The monoisotopic (exact) mass is 348 g/mol. The zero-order chi connectivity index (χ0) is 14.3. The molecule has 0 fully saturated rings. The number of rotatable bonds is 4. The molecule has 1 N–H and O–H groups in total. The molecule has 0 aromatic carbocycles. The first-order chi connectivity index (χ1) is 9.44. The van der Waals surface area contributed by atoms with Crippen molar-refractivity contribution in [1.29, 1.82) is 0 Å². The van der Waals surface area contributed by atoms with Gasteiger partial charge in [-0.2, -0.15) is 5.10 Å². The standard InChI is InChI=1S/C10H9ClN4O2S3/c1-6-14-15-5-7(13-10(15)18-6)4-12-20(16,17)9-3-2-8(11)19-9/h2-3,5,12H,4H2,1H3. The van der Waals surface area contributed by atoms with Crippen molar-refractivity contribution in [3.8, 4) is 0 Å². The molecular weight excluding hydrogens is 340 g/mol. The Hall–Kier alpha value is -1.000. The molecule has 106 valence electrons. The number of sulfonamides is 1. The normalized spacial score (nSPS) is 12.3. The van der Waals surface area contributed by atoms with E-state index in [0.717, 1.165) is 21.3 Å². The summed E-state index contributed by atoms with van der Waals surface area (Å²) >= 11 is 8.21. The number of halogens is 1. The van der Waals surface area contributed by atoms with Crippen LogP contribution >= 0.6 is 34.3 Å². The summed E-state index contributed by atoms with van der Waals surface area (Å²) in [5.74, 6) is 0. The van der Waals surface area contributed by atoms with Crippen molar-refractivity contribution in [3.05, 3.63) is 33.4 Å². The van der Waals surface area contributed by atoms with E-state index in [-0.39, 0.29) is 10.8 Å². The third-order valence-corrected chi connectivity index (χ3v) is 6.41. The molecule has 3 aromatic heterocycles. The number of fused-ring (bicyclic) bond motifs is 1. The summed E-state index contributed by atoms with van der Waals surface area (Å²) < 4.78 is 28.8. The first kappa shape index (κ1) is 14.0. The predicted octanol–water partition coefficient (Wildman–Crippen LogP) is 2.29. The minimum absolute atomic E-state index is 0.118. The molecule has 0 aliphatic heterocycles. The van der Waals surface area contributed by atoms with Crippen LogP contribution in [0.4, 0.5) is 0 Å². The summed E-state index contributed by atoms with van der Waals surface area (Å²) in [6, 6.07) is 3.03. The van der Waals surface area contributed by atoms with Crippen LogP contribution in [0.3, 0.4) is 0 Å². The van der Waals surface area contributed by atoms with Crippen molar-refractivity contribution < 1.29 is 8.42 Å². The lowest BCUT2D eigenvalue weighted by Gasteiger charge is -2.01. The zero-order valence-electron chi connectivity index (χ0n) is 10.2. The molecule has 0 aliphatic rings. The van der Waals surface area contributed by atoms with Crippen LogP contribution in [0, 0.1) is 6.92 Å². The number of hydrogen-bond acceptors (Lipinski definition) is 6. The molecule has 0 saturated heterocycles. The van der Waals surface area contributed by atoms with Crippen LogP contribution in [0.15, 0.2) is 22.5 Å². The van der Waals surface area contributed by atoms with E-state index in [1.807, 2.05) is 6.92 Å². The molecule has 3 heterocycles. The molecule has 0 bridgehead atoms. The fraction of sp³-hybridized carbons (Fsp3) is 0.200. The highest BCUT2D eigenvalue weighted by Crippen LogP contribution is 2.25. The lowest BCUT2D eigenvalue weighted by Crippen LogP contribution is -2.22. The molecule has 0 aliphatic carbocycles. The summed E-state index contributed by atoms with van der Waals surface area (Å²) in [6.07, 6.45) is 1.71. The van der Waals surface area contributed by atoms with E-state index in [9.17, 15) is 8.42 Å². The SMILES string of the molecule is Cc1nn2cc(CNS(=O)(=O)c3ccc(Cl)s3)nc2s1. The maximum atomic E-state index is 12.0. The van der Waals surface area contributed by atoms with Crippen LogP contribution < -0.4 is 4.72 Å². The molecule has 10 heteroatoms. The molecule has 3 rings (SSSR count). The van der Waals surface area contributed by atoms with Gasteiger partial charge in [0.15, 0.2) is 0 Å². The van der Waals surface area contributed by atoms with E-state index in [4.69, 9.17) is 11.6 Å². The van der Waals surface area contributed by atoms with Gasteiger partial charge in [-0.05, 0) is 19.1 Å². The van der Waals surface area contributed by atoms with Gasteiger partial charge < -0.3 is 0 Å². The number of imidazole rings is 1. The van der Waals surface area contributed by atoms with Gasteiger partial charge in [0.25, 0.3) is 0 Å². The number of hydrogen-bond donors (Lipinski definition) is 1. The van der Waals surface area contributed by atoms with Gasteiger partial charge in [0.05, 0.1) is 22.8 Å². The predicted molar refractivity (Wildman–Crippen MR) is 79.0 cm³/mol. The Bertz CT molecular complexity index is 833. The molecule has 0 unspecified atom stereocenters. The Morgan fingerprint density at radius 1 is 1.40 bits per heavy atom. The fourth-order valence-electron chi connectivity index (χ4n) is 1.61. The second-order valence-corrected chi connectivity index (χ2v) is 8.83. The van der Waals surface area contributed by atoms with E-state index in [2.05, 4.69) is 14.8 Å². The zero-order valence-corrected chi connectivity index (χ0v) is 13.4. The van der Waals surface area contributed by atoms with Crippen LogP contribution in [0.2, 0.25) is 4.34 Å². The van der Waals surface area contributed by atoms with Gasteiger partial charge in [-0.3, -0.25) is 0 Å². The number of aromatic nitrogens is 3. The number of aryl methyl sites for hydroxylation is 1. The molecule has 0 spiro atoms. The van der Waals surface area contributed by atoms with Crippen molar-refractivity contribution in [2.24, 2.45) is 0 Å². The van der Waals surface area contributed by atoms with Gasteiger partial charge in [-0.25, -0.2) is 22.6 Å². The van der Waals surface area contributed by atoms with Crippen LogP contribution in [0.25, 0.3) is 4.96 Å². The Morgan fingerprint density at radius 2 is 2.20 bits per heavy atom. The quantitative estimate of drug-likeness (QED) is 0.784. The third kappa shape index (κ3) is 2.72. The Labute approximate surface area is 128 Å². The van der Waals surface area contributed by atoms with Gasteiger partial charge in [0.2, 0.25) is 15.0 Å². The minimum atomic E-state index is -3.55. The lowest BCUT2D eigenvalue weighted by atomic mass is 10.5. The first-order valence-corrected chi connectivity index (χ1v) is 9.00. The van der Waals surface area contributed by atoms with E-state index in [1.165, 1.54) is 17.4 Å².